The number of pyridine rings is 1. The van der Waals surface area contributed by atoms with Crippen LogP contribution >= 0.6 is 24.8 Å². The van der Waals surface area contributed by atoms with Gasteiger partial charge in [-0.2, -0.15) is 0 Å². The average Bonchev–Trinajstić information content (AvgIpc) is 3.16. The van der Waals surface area contributed by atoms with Gasteiger partial charge in [-0.25, -0.2) is 0 Å². The van der Waals surface area contributed by atoms with E-state index in [0.29, 0.717) is 0 Å². The molecular formula is C18H14BrCl2NSZr-2. The van der Waals surface area contributed by atoms with Crippen molar-refractivity contribution in [3.63, 3.8) is 0 Å². The molecule has 1 aromatic rings. The van der Waals surface area contributed by atoms with E-state index in [1.54, 1.807) is 0 Å². The molecule has 124 valence electrons. The van der Waals surface area contributed by atoms with Gasteiger partial charge in [0, 0.05) is 0 Å². The predicted molar refractivity (Wildman–Crippen MR) is 94.2 cm³/mol. The van der Waals surface area contributed by atoms with Crippen molar-refractivity contribution in [3.8, 4) is 11.3 Å². The summed E-state index contributed by atoms with van der Waals surface area (Å²) in [7, 11) is 4.17. The standard InChI is InChI=1S/C10H8Br.C8H6N.2ClH.S.Zr/c1-7-5-8-3-2-4-10(11)9(8)6-7;1-3-7-4-2-6-9-8(7)5-1;;;;/h2,4-5H,6H2,1H3;1-3,5-6,9H;2*1H;;/q2*-1;;;;+2/p-2. The number of H-pyrrole nitrogens is 1. The van der Waals surface area contributed by atoms with E-state index in [2.05, 4.69) is 54.9 Å². The van der Waals surface area contributed by atoms with Crippen molar-refractivity contribution in [1.82, 2.24) is 4.98 Å². The summed E-state index contributed by atoms with van der Waals surface area (Å²) in [5.74, 6) is 0. The largest absolute Gasteiger partial charge is 0.440 e. The minimum Gasteiger partial charge on any atom is -0.440 e. The Bertz CT molecular complexity index is 733. The normalized spacial score (nSPS) is 10.8. The van der Waals surface area contributed by atoms with Gasteiger partial charge in [0.15, 0.2) is 0 Å². The van der Waals surface area contributed by atoms with Crippen molar-refractivity contribution in [2.75, 3.05) is 0 Å². The summed E-state index contributed by atoms with van der Waals surface area (Å²) in [5, 5.41) is 0. The SMILES string of the molecule is CC1=Cc2[c-]ccc(Br)c2C1.[Cl-].[Cl-].[S]=[Zr+2].[c-]1cc[nH]c2cccc1-2. The Balaban J connectivity index is 0.000000376. The topological polar surface area (TPSA) is 15.8 Å². The molecule has 0 aromatic heterocycles. The minimum absolute atomic E-state index is 0. The van der Waals surface area contributed by atoms with Gasteiger partial charge in [-0.1, -0.05) is 39.6 Å². The van der Waals surface area contributed by atoms with Crippen LogP contribution in [-0.2, 0) is 29.1 Å². The van der Waals surface area contributed by atoms with E-state index in [1.807, 2.05) is 42.6 Å². The second-order valence-electron chi connectivity index (χ2n) is 4.86. The molecule has 0 bridgehead atoms. The second-order valence-corrected chi connectivity index (χ2v) is 5.71. The van der Waals surface area contributed by atoms with Gasteiger partial charge in [0.1, 0.15) is 0 Å². The molecule has 0 spiro atoms. The van der Waals surface area contributed by atoms with E-state index in [1.165, 1.54) is 21.2 Å². The van der Waals surface area contributed by atoms with Crippen LogP contribution in [-0.4, -0.2) is 4.98 Å². The van der Waals surface area contributed by atoms with E-state index in [4.69, 9.17) is 0 Å². The van der Waals surface area contributed by atoms with E-state index in [0.717, 1.165) is 40.4 Å². The Morgan fingerprint density at radius 3 is 2.54 bits per heavy atom. The van der Waals surface area contributed by atoms with Crippen LogP contribution < -0.4 is 24.8 Å². The quantitative estimate of drug-likeness (QED) is 0.408. The summed E-state index contributed by atoms with van der Waals surface area (Å²) < 4.78 is 1.21. The molecule has 0 fully saturated rings. The van der Waals surface area contributed by atoms with Gasteiger partial charge >= 0.3 is 31.5 Å². The minimum atomic E-state index is 0. The van der Waals surface area contributed by atoms with Crippen molar-refractivity contribution in [2.45, 2.75) is 13.3 Å². The van der Waals surface area contributed by atoms with Crippen molar-refractivity contribution >= 4 is 30.9 Å². The van der Waals surface area contributed by atoms with Crippen LogP contribution in [0.15, 0.2) is 52.6 Å². The summed E-state index contributed by atoms with van der Waals surface area (Å²) in [6.07, 6.45) is 5.15. The fraction of sp³-hybridized carbons (Fsp3) is 0.111. The monoisotopic (exact) mass is 515 g/mol. The summed E-state index contributed by atoms with van der Waals surface area (Å²) in [5.41, 5.74) is 6.35. The first-order valence-corrected chi connectivity index (χ1v) is 11.0. The first-order valence-electron chi connectivity index (χ1n) is 6.74. The molecule has 4 rings (SSSR count). The number of fused-ring (bicyclic) bond motifs is 2. The van der Waals surface area contributed by atoms with Gasteiger partial charge in [-0.3, -0.25) is 0 Å². The molecule has 1 aliphatic heterocycles. The van der Waals surface area contributed by atoms with Crippen molar-refractivity contribution < 1.29 is 47.5 Å². The van der Waals surface area contributed by atoms with Crippen molar-refractivity contribution in [1.29, 1.82) is 0 Å². The van der Waals surface area contributed by atoms with E-state index >= 15 is 0 Å². The van der Waals surface area contributed by atoms with E-state index in [-0.39, 0.29) is 24.8 Å². The molecule has 2 aliphatic carbocycles. The summed E-state index contributed by atoms with van der Waals surface area (Å²) >= 11 is 4.65. The number of halogens is 3. The smallest absolute Gasteiger partial charge is 0.0461 e. The van der Waals surface area contributed by atoms with Crippen LogP contribution in [0.2, 0.25) is 0 Å². The van der Waals surface area contributed by atoms with E-state index in [9.17, 15) is 0 Å². The maximum absolute atomic E-state index is 4.17. The van der Waals surface area contributed by atoms with Crippen LogP contribution in [0.5, 0.6) is 0 Å². The number of nitrogens with one attached hydrogen (secondary N) is 1. The molecule has 1 nitrogen and oxygen atoms in total. The van der Waals surface area contributed by atoms with E-state index < -0.39 is 0 Å². The fourth-order valence-electron chi connectivity index (χ4n) is 2.34. The first kappa shape index (κ1) is 23.9. The molecule has 0 radical (unpaired) electrons. The third-order valence-electron chi connectivity index (χ3n) is 3.31. The number of hydrogen-bond donors (Lipinski definition) is 1. The molecule has 0 amide bonds. The van der Waals surface area contributed by atoms with Gasteiger partial charge < -0.3 is 29.8 Å². The van der Waals surface area contributed by atoms with Crippen LogP contribution in [0.4, 0.5) is 0 Å². The Morgan fingerprint density at radius 2 is 1.88 bits per heavy atom. The molecule has 0 saturated heterocycles. The molecule has 0 unspecified atom stereocenters. The van der Waals surface area contributed by atoms with Gasteiger partial charge in [0.25, 0.3) is 0 Å². The number of aromatic nitrogens is 1. The number of aromatic amines is 1. The second kappa shape index (κ2) is 12.3. The average molecular weight is 518 g/mol. The predicted octanol–water partition coefficient (Wildman–Crippen LogP) is -0.218. The third kappa shape index (κ3) is 6.31. The number of benzene rings is 1. The zero-order valence-corrected chi connectivity index (χ0v) is 19.2. The molecule has 1 heterocycles. The summed E-state index contributed by atoms with van der Waals surface area (Å²) in [6, 6.07) is 18.3. The molecule has 1 N–H and O–H groups in total. The molecule has 6 heteroatoms. The van der Waals surface area contributed by atoms with Crippen molar-refractivity contribution in [3.05, 3.63) is 75.9 Å². The van der Waals surface area contributed by atoms with Gasteiger partial charge in [0.2, 0.25) is 0 Å². The number of allylic oxidation sites excluding steroid dienone is 1. The molecule has 3 aliphatic rings. The van der Waals surface area contributed by atoms with Crippen LogP contribution in [0, 0.1) is 12.1 Å². The Kier molecular flexibility index (Phi) is 12.2. The first-order chi connectivity index (χ1) is 10.7. The van der Waals surface area contributed by atoms with Gasteiger partial charge in [0.05, 0.1) is 0 Å². The third-order valence-corrected chi connectivity index (χ3v) is 4.05. The Morgan fingerprint density at radius 1 is 1.12 bits per heavy atom. The van der Waals surface area contributed by atoms with Crippen molar-refractivity contribution in [2.24, 2.45) is 0 Å². The van der Waals surface area contributed by atoms with Crippen LogP contribution in [0.3, 0.4) is 0 Å². The van der Waals surface area contributed by atoms with Gasteiger partial charge in [-0.05, 0) is 12.1 Å². The maximum Gasteiger partial charge on any atom is -0.0461 e. The maximum atomic E-state index is 4.17. The molecular weight excluding hydrogens is 504 g/mol. The molecule has 0 saturated carbocycles. The Labute approximate surface area is 182 Å². The molecule has 1 aromatic carbocycles. The zero-order valence-electron chi connectivity index (χ0n) is 12.9. The zero-order chi connectivity index (χ0) is 15.9. The molecule has 24 heavy (non-hydrogen) atoms. The number of rotatable bonds is 0. The van der Waals surface area contributed by atoms with Gasteiger partial charge in [-0.15, -0.1) is 70.8 Å². The number of hydrogen-bond acceptors (Lipinski definition) is 1. The fourth-order valence-corrected chi connectivity index (χ4v) is 2.83. The summed E-state index contributed by atoms with van der Waals surface area (Å²) in [6.45, 7) is 2.15. The summed E-state index contributed by atoms with van der Waals surface area (Å²) in [4.78, 5) is 3.10. The molecule has 0 atom stereocenters. The Hall–Kier alpha value is -0.117. The van der Waals surface area contributed by atoms with Crippen LogP contribution in [0.1, 0.15) is 18.1 Å². The van der Waals surface area contributed by atoms with Crippen LogP contribution in [0.25, 0.3) is 17.3 Å².